The number of nitrogens with zero attached hydrogens (tertiary/aromatic N) is 1. The second kappa shape index (κ2) is 5.17. The molecule has 1 aromatic heterocycles. The fraction of sp³-hybridized carbons (Fsp3) is 0.571. The van der Waals surface area contributed by atoms with E-state index in [1.54, 1.807) is 18.3 Å². The summed E-state index contributed by atoms with van der Waals surface area (Å²) in [5.41, 5.74) is -0.0833. The van der Waals surface area contributed by atoms with Gasteiger partial charge >= 0.3 is 0 Å². The summed E-state index contributed by atoms with van der Waals surface area (Å²) in [6, 6.07) is 3.41. The van der Waals surface area contributed by atoms with Crippen molar-refractivity contribution in [3.8, 4) is 0 Å². The first kappa shape index (κ1) is 12.4. The van der Waals surface area contributed by atoms with Gasteiger partial charge in [0.1, 0.15) is 5.56 Å². The standard InChI is InChI=1S/C14H18N2O3/c17-13-10(4-3-7-15-13)14(18)16-8-9-19-12-6-2-1-5-11(12)16/h3-4,7,11-12H,1-2,5-6,8-9H2,(H,15,17). The molecule has 0 aromatic carbocycles. The van der Waals surface area contributed by atoms with Gasteiger partial charge in [0, 0.05) is 12.7 Å². The first-order valence-corrected chi connectivity index (χ1v) is 6.87. The highest BCUT2D eigenvalue weighted by Crippen LogP contribution is 2.29. The third-order valence-electron chi connectivity index (χ3n) is 4.04. The van der Waals surface area contributed by atoms with Crippen molar-refractivity contribution in [3.05, 3.63) is 34.2 Å². The number of rotatable bonds is 1. The van der Waals surface area contributed by atoms with E-state index in [0.717, 1.165) is 25.7 Å². The van der Waals surface area contributed by atoms with Gasteiger partial charge < -0.3 is 14.6 Å². The molecule has 3 rings (SSSR count). The van der Waals surface area contributed by atoms with Crippen LogP contribution in [0.4, 0.5) is 0 Å². The summed E-state index contributed by atoms with van der Waals surface area (Å²) >= 11 is 0. The number of fused-ring (bicyclic) bond motifs is 1. The number of nitrogens with one attached hydrogen (secondary N) is 1. The third kappa shape index (κ3) is 2.30. The molecule has 19 heavy (non-hydrogen) atoms. The molecule has 0 bridgehead atoms. The Labute approximate surface area is 111 Å². The van der Waals surface area contributed by atoms with Crippen LogP contribution in [-0.4, -0.2) is 41.1 Å². The van der Waals surface area contributed by atoms with Crippen LogP contribution in [0.25, 0.3) is 0 Å². The zero-order valence-electron chi connectivity index (χ0n) is 10.8. The van der Waals surface area contributed by atoms with E-state index in [4.69, 9.17) is 4.74 Å². The van der Waals surface area contributed by atoms with E-state index in [9.17, 15) is 9.59 Å². The van der Waals surface area contributed by atoms with Gasteiger partial charge in [-0.3, -0.25) is 9.59 Å². The molecule has 2 atom stereocenters. The van der Waals surface area contributed by atoms with Crippen LogP contribution in [0.2, 0.25) is 0 Å². The molecule has 1 aliphatic heterocycles. The lowest BCUT2D eigenvalue weighted by atomic mass is 9.90. The highest BCUT2D eigenvalue weighted by molar-refractivity contribution is 5.94. The van der Waals surface area contributed by atoms with Crippen LogP contribution in [0.1, 0.15) is 36.0 Å². The van der Waals surface area contributed by atoms with Crippen LogP contribution >= 0.6 is 0 Å². The second-order valence-electron chi connectivity index (χ2n) is 5.17. The molecule has 5 heteroatoms. The summed E-state index contributed by atoms with van der Waals surface area (Å²) in [6.45, 7) is 1.14. The minimum absolute atomic E-state index is 0.134. The summed E-state index contributed by atoms with van der Waals surface area (Å²) in [7, 11) is 0. The molecule has 1 aromatic rings. The summed E-state index contributed by atoms with van der Waals surface area (Å²) in [5, 5.41) is 0. The minimum atomic E-state index is -0.314. The van der Waals surface area contributed by atoms with E-state index >= 15 is 0 Å². The molecule has 102 valence electrons. The van der Waals surface area contributed by atoms with Crippen molar-refractivity contribution < 1.29 is 9.53 Å². The summed E-state index contributed by atoms with van der Waals surface area (Å²) in [6.07, 6.45) is 5.96. The Balaban J connectivity index is 1.86. The first-order chi connectivity index (χ1) is 9.27. The molecule has 1 saturated carbocycles. The number of pyridine rings is 1. The van der Waals surface area contributed by atoms with E-state index in [1.807, 2.05) is 4.90 Å². The van der Waals surface area contributed by atoms with Crippen molar-refractivity contribution in [1.29, 1.82) is 0 Å². The lowest BCUT2D eigenvalue weighted by Gasteiger charge is -2.43. The van der Waals surface area contributed by atoms with Crippen LogP contribution in [0, 0.1) is 0 Å². The highest BCUT2D eigenvalue weighted by Gasteiger charge is 2.37. The fourth-order valence-corrected chi connectivity index (χ4v) is 3.09. The number of aromatic amines is 1. The molecule has 5 nitrogen and oxygen atoms in total. The lowest BCUT2D eigenvalue weighted by Crippen LogP contribution is -2.55. The third-order valence-corrected chi connectivity index (χ3v) is 4.04. The van der Waals surface area contributed by atoms with Crippen LogP contribution in [0.3, 0.4) is 0 Å². The van der Waals surface area contributed by atoms with Gasteiger partial charge in [0.2, 0.25) is 0 Å². The number of H-pyrrole nitrogens is 1. The molecule has 2 unspecified atom stereocenters. The molecule has 1 saturated heterocycles. The van der Waals surface area contributed by atoms with Crippen LogP contribution < -0.4 is 5.56 Å². The average molecular weight is 262 g/mol. The zero-order valence-corrected chi connectivity index (χ0v) is 10.8. The molecule has 2 aliphatic rings. The van der Waals surface area contributed by atoms with E-state index in [0.29, 0.717) is 13.2 Å². The minimum Gasteiger partial charge on any atom is -0.374 e. The number of hydrogen-bond donors (Lipinski definition) is 1. The number of hydrogen-bond acceptors (Lipinski definition) is 3. The fourth-order valence-electron chi connectivity index (χ4n) is 3.09. The number of ether oxygens (including phenoxy) is 1. The Bertz CT molecular complexity index is 523. The van der Waals surface area contributed by atoms with Crippen molar-refractivity contribution >= 4 is 5.91 Å². The van der Waals surface area contributed by atoms with Gasteiger partial charge in [0.15, 0.2) is 0 Å². The Morgan fingerprint density at radius 2 is 2.21 bits per heavy atom. The van der Waals surface area contributed by atoms with Crippen molar-refractivity contribution in [2.75, 3.05) is 13.2 Å². The molecule has 1 N–H and O–H groups in total. The Hall–Kier alpha value is -1.62. The first-order valence-electron chi connectivity index (χ1n) is 6.87. The van der Waals surface area contributed by atoms with E-state index in [-0.39, 0.29) is 29.2 Å². The molecule has 1 amide bonds. The summed E-state index contributed by atoms with van der Waals surface area (Å²) in [4.78, 5) is 28.6. The number of amides is 1. The predicted molar refractivity (Wildman–Crippen MR) is 70.1 cm³/mol. The van der Waals surface area contributed by atoms with Crippen LogP contribution in [0.5, 0.6) is 0 Å². The smallest absolute Gasteiger partial charge is 0.260 e. The maximum atomic E-state index is 12.5. The van der Waals surface area contributed by atoms with Crippen molar-refractivity contribution in [2.45, 2.75) is 37.8 Å². The monoisotopic (exact) mass is 262 g/mol. The van der Waals surface area contributed by atoms with Crippen LogP contribution in [0.15, 0.2) is 23.1 Å². The topological polar surface area (TPSA) is 62.4 Å². The lowest BCUT2D eigenvalue weighted by molar-refractivity contribution is -0.0753. The average Bonchev–Trinajstić information content (AvgIpc) is 2.46. The zero-order chi connectivity index (χ0) is 13.2. The van der Waals surface area contributed by atoms with Gasteiger partial charge in [-0.05, 0) is 25.0 Å². The Kier molecular flexibility index (Phi) is 3.38. The normalized spacial score (nSPS) is 26.8. The maximum absolute atomic E-state index is 12.5. The van der Waals surface area contributed by atoms with Crippen molar-refractivity contribution in [1.82, 2.24) is 9.88 Å². The van der Waals surface area contributed by atoms with E-state index in [1.165, 1.54) is 0 Å². The molecule has 2 fully saturated rings. The quantitative estimate of drug-likeness (QED) is 0.826. The van der Waals surface area contributed by atoms with Gasteiger partial charge in [0.25, 0.3) is 11.5 Å². The van der Waals surface area contributed by atoms with Crippen LogP contribution in [-0.2, 0) is 4.74 Å². The largest absolute Gasteiger partial charge is 0.374 e. The van der Waals surface area contributed by atoms with Gasteiger partial charge in [-0.1, -0.05) is 12.8 Å². The number of carbonyl (C=O) groups is 1. The number of aromatic nitrogens is 1. The number of morpholine rings is 1. The molecular formula is C14H18N2O3. The van der Waals surface area contributed by atoms with E-state index < -0.39 is 0 Å². The van der Waals surface area contributed by atoms with Gasteiger partial charge in [-0.25, -0.2) is 0 Å². The Morgan fingerprint density at radius 1 is 1.37 bits per heavy atom. The molecule has 0 spiro atoms. The Morgan fingerprint density at radius 3 is 3.05 bits per heavy atom. The van der Waals surface area contributed by atoms with Gasteiger partial charge in [-0.15, -0.1) is 0 Å². The molecular weight excluding hydrogens is 244 g/mol. The molecule has 2 heterocycles. The number of carbonyl (C=O) groups excluding carboxylic acids is 1. The maximum Gasteiger partial charge on any atom is 0.260 e. The second-order valence-corrected chi connectivity index (χ2v) is 5.17. The van der Waals surface area contributed by atoms with E-state index in [2.05, 4.69) is 4.98 Å². The van der Waals surface area contributed by atoms with Crippen molar-refractivity contribution in [3.63, 3.8) is 0 Å². The predicted octanol–water partition coefficient (Wildman–Crippen LogP) is 1.16. The molecule has 0 radical (unpaired) electrons. The SMILES string of the molecule is O=C(c1ccc[nH]c1=O)N1CCOC2CCCCC21. The van der Waals surface area contributed by atoms with Crippen molar-refractivity contribution in [2.24, 2.45) is 0 Å². The summed E-state index contributed by atoms with van der Waals surface area (Å²) < 4.78 is 5.75. The van der Waals surface area contributed by atoms with Gasteiger partial charge in [0.05, 0.1) is 18.8 Å². The van der Waals surface area contributed by atoms with Gasteiger partial charge in [-0.2, -0.15) is 0 Å². The molecule has 1 aliphatic carbocycles. The highest BCUT2D eigenvalue weighted by atomic mass is 16.5. The summed E-state index contributed by atoms with van der Waals surface area (Å²) in [5.74, 6) is -0.165.